The number of cyclic esters (lactones) is 1. The van der Waals surface area contributed by atoms with Gasteiger partial charge in [0.1, 0.15) is 24.4 Å². The average molecular weight is 589 g/mol. The summed E-state index contributed by atoms with van der Waals surface area (Å²) in [6, 6.07) is 6.93. The second kappa shape index (κ2) is 10.4. The van der Waals surface area contributed by atoms with E-state index in [1.54, 1.807) is 31.2 Å². The van der Waals surface area contributed by atoms with Gasteiger partial charge in [0.05, 0.1) is 39.5 Å². The van der Waals surface area contributed by atoms with Crippen molar-refractivity contribution in [2.24, 2.45) is 11.8 Å². The molecule has 13 heteroatoms. The van der Waals surface area contributed by atoms with Crippen molar-refractivity contribution >= 4 is 5.97 Å². The monoisotopic (exact) mass is 588 g/mol. The molecule has 0 spiro atoms. The smallest absolute Gasteiger partial charge is 0.310 e. The number of rotatable bonds is 5. The molecule has 0 saturated carbocycles. The second-order valence-corrected chi connectivity index (χ2v) is 11.0. The molecule has 10 atom stereocenters. The highest BCUT2D eigenvalue weighted by Crippen LogP contribution is 2.57. The zero-order valence-corrected chi connectivity index (χ0v) is 23.1. The molecule has 0 amide bonds. The Balaban J connectivity index is 1.32. The molecule has 13 nitrogen and oxygen atoms in total. The summed E-state index contributed by atoms with van der Waals surface area (Å²) >= 11 is 0. The molecule has 4 heterocycles. The number of fused-ring (bicyclic) bond motifs is 4. The Morgan fingerprint density at radius 3 is 2.26 bits per heavy atom. The maximum Gasteiger partial charge on any atom is 0.310 e. The van der Waals surface area contributed by atoms with Gasteiger partial charge >= 0.3 is 5.97 Å². The summed E-state index contributed by atoms with van der Waals surface area (Å²) in [5.74, 6) is -1.02. The maximum atomic E-state index is 13.4. The summed E-state index contributed by atoms with van der Waals surface area (Å²) in [4.78, 5) is 13.4. The fourth-order valence-corrected chi connectivity index (χ4v) is 6.74. The van der Waals surface area contributed by atoms with Gasteiger partial charge in [0.15, 0.2) is 35.6 Å². The zero-order valence-electron chi connectivity index (χ0n) is 23.1. The Morgan fingerprint density at radius 2 is 1.57 bits per heavy atom. The predicted octanol–water partition coefficient (Wildman–Crippen LogP) is 1.34. The molecule has 5 aliphatic rings. The van der Waals surface area contributed by atoms with E-state index in [2.05, 4.69) is 0 Å². The van der Waals surface area contributed by atoms with E-state index in [-0.39, 0.29) is 37.3 Å². The molecule has 2 aromatic rings. The molecule has 0 bridgehead atoms. The quantitative estimate of drug-likeness (QED) is 0.430. The van der Waals surface area contributed by atoms with Crippen LogP contribution in [0.4, 0.5) is 0 Å². The summed E-state index contributed by atoms with van der Waals surface area (Å²) in [7, 11) is 2.86. The molecule has 3 N–H and O–H groups in total. The number of ether oxygens (including phenoxy) is 9. The Bertz CT molecular complexity index is 1350. The van der Waals surface area contributed by atoms with Crippen LogP contribution in [0.5, 0.6) is 28.7 Å². The van der Waals surface area contributed by atoms with Crippen molar-refractivity contribution < 1.29 is 62.7 Å². The summed E-state index contributed by atoms with van der Waals surface area (Å²) in [6.45, 7) is 1.93. The minimum atomic E-state index is -1.44. The third kappa shape index (κ3) is 4.26. The number of phenols is 1. The molecular formula is C29H32O13. The fraction of sp³-hybridized carbons (Fsp3) is 0.552. The highest BCUT2D eigenvalue weighted by molar-refractivity contribution is 5.79. The van der Waals surface area contributed by atoms with E-state index >= 15 is 0 Å². The van der Waals surface area contributed by atoms with Crippen LogP contribution in [0.3, 0.4) is 0 Å². The lowest BCUT2D eigenvalue weighted by Gasteiger charge is -2.47. The highest BCUT2D eigenvalue weighted by atomic mass is 16.8. The van der Waals surface area contributed by atoms with Crippen LogP contribution in [-0.4, -0.2) is 92.5 Å². The van der Waals surface area contributed by atoms with E-state index in [1.165, 1.54) is 14.2 Å². The Labute approximate surface area is 240 Å². The summed E-state index contributed by atoms with van der Waals surface area (Å²) < 4.78 is 51.5. The number of hydrogen-bond donors (Lipinski definition) is 3. The number of hydrogen-bond acceptors (Lipinski definition) is 13. The van der Waals surface area contributed by atoms with Crippen LogP contribution in [0, 0.1) is 11.8 Å². The van der Waals surface area contributed by atoms with Crippen molar-refractivity contribution in [2.75, 3.05) is 34.2 Å². The first kappa shape index (κ1) is 27.5. The van der Waals surface area contributed by atoms with Crippen molar-refractivity contribution in [2.45, 2.75) is 55.9 Å². The van der Waals surface area contributed by atoms with Gasteiger partial charge in [0, 0.05) is 11.8 Å². The van der Waals surface area contributed by atoms with Crippen LogP contribution in [0.15, 0.2) is 24.3 Å². The van der Waals surface area contributed by atoms with Crippen molar-refractivity contribution in [3.63, 3.8) is 0 Å². The highest BCUT2D eigenvalue weighted by Gasteiger charge is 2.56. The van der Waals surface area contributed by atoms with E-state index in [0.717, 1.165) is 0 Å². The van der Waals surface area contributed by atoms with Gasteiger partial charge in [-0.3, -0.25) is 4.79 Å². The third-order valence-electron chi connectivity index (χ3n) is 8.75. The van der Waals surface area contributed by atoms with Gasteiger partial charge in [-0.1, -0.05) is 0 Å². The van der Waals surface area contributed by atoms with Gasteiger partial charge in [-0.25, -0.2) is 0 Å². The topological polar surface area (TPSA) is 161 Å². The zero-order chi connectivity index (χ0) is 29.3. The van der Waals surface area contributed by atoms with E-state index < -0.39 is 66.8 Å². The number of benzene rings is 2. The average Bonchev–Trinajstić information content (AvgIpc) is 3.61. The number of aliphatic hydroxyl groups is 2. The first-order valence-corrected chi connectivity index (χ1v) is 13.8. The summed E-state index contributed by atoms with van der Waals surface area (Å²) in [5.41, 5.74) is 2.01. The standard InChI is InChI=1S/C29H32O13/c1-11-36-9-20-27(40-11)24(31)25(32)29(41-20)42-26-14-7-17-16(38-10-39-17)6-13(14)21(22-15(26)8-37-28(22)33)12-4-18(34-2)23(30)19(5-12)35-3/h4-7,11,15,20-22,24-27,29-32H,8-10H2,1-3H3/t11-,15-,20-,21+,22-,24-,25-,26-,27-,29+/m0/s1. The molecular weight excluding hydrogens is 556 g/mol. The lowest BCUT2D eigenvalue weighted by Crippen LogP contribution is -2.63. The minimum absolute atomic E-state index is 0.0301. The SMILES string of the molecule is COc1cc([C@@H]2c3cc4c(cc3[C@H](O[C@H]3O[C@H]5CO[C@H](C)O[C@@H]5[C@@H](O)[C@@H]3O)[C@H]3COC(=O)[C@H]23)OCO4)cc(OC)c1O. The number of aromatic hydroxyl groups is 1. The molecule has 42 heavy (non-hydrogen) atoms. The van der Waals surface area contributed by atoms with Crippen molar-refractivity contribution in [3.8, 4) is 28.7 Å². The van der Waals surface area contributed by atoms with Crippen molar-refractivity contribution in [1.82, 2.24) is 0 Å². The lowest BCUT2D eigenvalue weighted by atomic mass is 9.66. The number of carbonyl (C=O) groups excluding carboxylic acids is 1. The largest absolute Gasteiger partial charge is 0.502 e. The van der Waals surface area contributed by atoms with Gasteiger partial charge in [-0.05, 0) is 47.9 Å². The molecule has 0 radical (unpaired) electrons. The van der Waals surface area contributed by atoms with Gasteiger partial charge in [0.2, 0.25) is 12.5 Å². The second-order valence-electron chi connectivity index (χ2n) is 11.0. The van der Waals surface area contributed by atoms with Crippen molar-refractivity contribution in [3.05, 3.63) is 41.0 Å². The van der Waals surface area contributed by atoms with Crippen LogP contribution in [0.1, 0.15) is 35.6 Å². The molecule has 4 aliphatic heterocycles. The van der Waals surface area contributed by atoms with Gasteiger partial charge < -0.3 is 58.0 Å². The van der Waals surface area contributed by atoms with E-state index in [9.17, 15) is 20.1 Å². The molecule has 3 fully saturated rings. The summed E-state index contributed by atoms with van der Waals surface area (Å²) in [6.07, 6.45) is -6.80. The number of carbonyl (C=O) groups is 1. The molecule has 0 unspecified atom stereocenters. The third-order valence-corrected chi connectivity index (χ3v) is 8.75. The van der Waals surface area contributed by atoms with Crippen LogP contribution in [0.2, 0.25) is 0 Å². The Kier molecular flexibility index (Phi) is 6.83. The van der Waals surface area contributed by atoms with Crippen LogP contribution >= 0.6 is 0 Å². The number of phenolic OH excluding ortho intramolecular Hbond substituents is 1. The van der Waals surface area contributed by atoms with E-state index in [1.807, 2.05) is 0 Å². The Hall–Kier alpha value is -3.33. The number of esters is 1. The van der Waals surface area contributed by atoms with Crippen LogP contribution in [0.25, 0.3) is 0 Å². The molecule has 226 valence electrons. The first-order chi connectivity index (χ1) is 20.3. The molecule has 0 aromatic heterocycles. The maximum absolute atomic E-state index is 13.4. The molecule has 1 aliphatic carbocycles. The van der Waals surface area contributed by atoms with Gasteiger partial charge in [0.25, 0.3) is 0 Å². The number of aliphatic hydroxyl groups excluding tert-OH is 2. The van der Waals surface area contributed by atoms with Crippen molar-refractivity contribution in [1.29, 1.82) is 0 Å². The lowest BCUT2D eigenvalue weighted by molar-refractivity contribution is -0.364. The van der Waals surface area contributed by atoms with Gasteiger partial charge in [-0.15, -0.1) is 0 Å². The molecule has 2 aromatic carbocycles. The number of methoxy groups -OCH3 is 2. The van der Waals surface area contributed by atoms with Gasteiger partial charge in [-0.2, -0.15) is 0 Å². The minimum Gasteiger partial charge on any atom is -0.502 e. The summed E-state index contributed by atoms with van der Waals surface area (Å²) in [5, 5.41) is 32.5. The van der Waals surface area contributed by atoms with Crippen LogP contribution < -0.4 is 18.9 Å². The van der Waals surface area contributed by atoms with Crippen LogP contribution in [-0.2, 0) is 28.5 Å². The van der Waals surface area contributed by atoms with E-state index in [4.69, 9.17) is 42.6 Å². The first-order valence-electron chi connectivity index (χ1n) is 13.8. The predicted molar refractivity (Wildman–Crippen MR) is 138 cm³/mol. The molecule has 7 rings (SSSR count). The normalized spacial score (nSPS) is 36.5. The van der Waals surface area contributed by atoms with E-state index in [0.29, 0.717) is 28.2 Å². The molecule has 3 saturated heterocycles. The Morgan fingerprint density at radius 1 is 0.881 bits per heavy atom. The fourth-order valence-electron chi connectivity index (χ4n) is 6.74.